The van der Waals surface area contributed by atoms with Crippen LogP contribution in [0.4, 0.5) is 0 Å². The molecule has 1 atom stereocenters. The molecule has 0 aliphatic carbocycles. The van der Waals surface area contributed by atoms with Gasteiger partial charge in [-0.2, -0.15) is 0 Å². The van der Waals surface area contributed by atoms with Crippen LogP contribution in [0.2, 0.25) is 0 Å². The SMILES string of the molecule is Cc1ccc(C(=O)O[C@@H](C)C(=O)NC(C)(C)C)c(O)c1. The lowest BCUT2D eigenvalue weighted by atomic mass is 10.1. The van der Waals surface area contributed by atoms with Crippen LogP contribution in [-0.4, -0.2) is 28.6 Å². The summed E-state index contributed by atoms with van der Waals surface area (Å²) in [6, 6.07) is 4.63. The van der Waals surface area contributed by atoms with E-state index in [1.807, 2.05) is 20.8 Å². The molecular formula is C15H21NO4. The number of phenolic OH excluding ortho intramolecular Hbond substituents is 1. The van der Waals surface area contributed by atoms with E-state index in [0.29, 0.717) is 0 Å². The third-order valence-corrected chi connectivity index (χ3v) is 2.52. The van der Waals surface area contributed by atoms with Gasteiger partial charge in [0.05, 0.1) is 0 Å². The molecule has 0 saturated heterocycles. The predicted molar refractivity (Wildman–Crippen MR) is 75.6 cm³/mol. The molecule has 20 heavy (non-hydrogen) atoms. The minimum atomic E-state index is -0.928. The van der Waals surface area contributed by atoms with Gasteiger partial charge in [0.2, 0.25) is 0 Å². The lowest BCUT2D eigenvalue weighted by Crippen LogP contribution is -2.46. The molecule has 0 radical (unpaired) electrons. The fraction of sp³-hybridized carbons (Fsp3) is 0.467. The summed E-state index contributed by atoms with van der Waals surface area (Å²) in [6.07, 6.45) is -0.928. The molecule has 0 heterocycles. The fourth-order valence-electron chi connectivity index (χ4n) is 1.56. The van der Waals surface area contributed by atoms with E-state index < -0.39 is 17.6 Å². The zero-order chi connectivity index (χ0) is 15.5. The quantitative estimate of drug-likeness (QED) is 0.831. The Morgan fingerprint density at radius 2 is 1.90 bits per heavy atom. The lowest BCUT2D eigenvalue weighted by molar-refractivity contribution is -0.130. The largest absolute Gasteiger partial charge is 0.507 e. The normalized spacial score (nSPS) is 12.7. The van der Waals surface area contributed by atoms with Gasteiger partial charge in [0, 0.05) is 5.54 Å². The number of hydrogen-bond donors (Lipinski definition) is 2. The van der Waals surface area contributed by atoms with Gasteiger partial charge in [-0.1, -0.05) is 6.07 Å². The number of nitrogens with one attached hydrogen (secondary N) is 1. The first-order chi connectivity index (χ1) is 9.10. The van der Waals surface area contributed by atoms with Crippen molar-refractivity contribution in [2.45, 2.75) is 46.3 Å². The van der Waals surface area contributed by atoms with Crippen LogP contribution in [0.15, 0.2) is 18.2 Å². The highest BCUT2D eigenvalue weighted by Gasteiger charge is 2.23. The summed E-state index contributed by atoms with van der Waals surface area (Å²) in [4.78, 5) is 23.7. The van der Waals surface area contributed by atoms with Gasteiger partial charge in [0.15, 0.2) is 6.10 Å². The van der Waals surface area contributed by atoms with E-state index >= 15 is 0 Å². The van der Waals surface area contributed by atoms with Crippen molar-refractivity contribution >= 4 is 11.9 Å². The fourth-order valence-corrected chi connectivity index (χ4v) is 1.56. The molecule has 1 amide bonds. The minimum absolute atomic E-state index is 0.0472. The van der Waals surface area contributed by atoms with Crippen LogP contribution in [0.1, 0.15) is 43.6 Å². The van der Waals surface area contributed by atoms with Crippen LogP contribution in [0, 0.1) is 6.92 Å². The van der Waals surface area contributed by atoms with Gasteiger partial charge in [0.25, 0.3) is 5.91 Å². The summed E-state index contributed by atoms with van der Waals surface area (Å²) >= 11 is 0. The smallest absolute Gasteiger partial charge is 0.342 e. The third-order valence-electron chi connectivity index (χ3n) is 2.52. The lowest BCUT2D eigenvalue weighted by Gasteiger charge is -2.23. The van der Waals surface area contributed by atoms with Crippen LogP contribution in [0.25, 0.3) is 0 Å². The van der Waals surface area contributed by atoms with Crippen molar-refractivity contribution in [2.75, 3.05) is 0 Å². The molecule has 2 N–H and O–H groups in total. The molecule has 0 unspecified atom stereocenters. The van der Waals surface area contributed by atoms with E-state index in [0.717, 1.165) is 5.56 Å². The highest BCUT2D eigenvalue weighted by atomic mass is 16.5. The van der Waals surface area contributed by atoms with Gasteiger partial charge in [-0.25, -0.2) is 4.79 Å². The number of ether oxygens (including phenoxy) is 1. The molecule has 0 aromatic heterocycles. The molecule has 0 fully saturated rings. The summed E-state index contributed by atoms with van der Waals surface area (Å²) in [5, 5.41) is 12.4. The van der Waals surface area contributed by atoms with Gasteiger partial charge in [-0.3, -0.25) is 4.79 Å². The summed E-state index contributed by atoms with van der Waals surface area (Å²) < 4.78 is 5.05. The van der Waals surface area contributed by atoms with Gasteiger partial charge >= 0.3 is 5.97 Å². The van der Waals surface area contributed by atoms with E-state index in [1.165, 1.54) is 19.1 Å². The Bertz CT molecular complexity index is 517. The first-order valence-corrected chi connectivity index (χ1v) is 6.43. The Labute approximate surface area is 118 Å². The molecule has 1 aromatic carbocycles. The molecular weight excluding hydrogens is 258 g/mol. The Morgan fingerprint density at radius 3 is 2.40 bits per heavy atom. The standard InChI is InChI=1S/C15H21NO4/c1-9-6-7-11(12(17)8-9)14(19)20-10(2)13(18)16-15(3,4)5/h6-8,10,17H,1-5H3,(H,16,18)/t10-/m0/s1. The highest BCUT2D eigenvalue weighted by molar-refractivity contribution is 5.94. The molecule has 0 aliphatic heterocycles. The summed E-state index contributed by atoms with van der Waals surface area (Å²) in [5.74, 6) is -1.25. The molecule has 0 aliphatic rings. The zero-order valence-corrected chi connectivity index (χ0v) is 12.5. The second kappa shape index (κ2) is 5.94. The number of esters is 1. The van der Waals surface area contributed by atoms with Gasteiger partial charge < -0.3 is 15.2 Å². The van der Waals surface area contributed by atoms with Crippen LogP contribution >= 0.6 is 0 Å². The molecule has 0 bridgehead atoms. The number of carbonyl (C=O) groups excluding carboxylic acids is 2. The second-order valence-corrected chi connectivity index (χ2v) is 5.81. The molecule has 1 aromatic rings. The summed E-state index contributed by atoms with van der Waals surface area (Å²) in [6.45, 7) is 8.81. The molecule has 0 spiro atoms. The Hall–Kier alpha value is -2.04. The van der Waals surface area contributed by atoms with Crippen LogP contribution in [0.5, 0.6) is 5.75 Å². The van der Waals surface area contributed by atoms with Gasteiger partial charge in [-0.15, -0.1) is 0 Å². The summed E-state index contributed by atoms with van der Waals surface area (Å²) in [5.41, 5.74) is 0.479. The molecule has 5 heteroatoms. The van der Waals surface area contributed by atoms with Crippen molar-refractivity contribution in [1.82, 2.24) is 5.32 Å². The zero-order valence-electron chi connectivity index (χ0n) is 12.5. The Kier molecular flexibility index (Phi) is 4.76. The molecule has 1 rings (SSSR count). The molecule has 0 saturated carbocycles. The van der Waals surface area contributed by atoms with E-state index in [9.17, 15) is 14.7 Å². The third kappa shape index (κ3) is 4.57. The average Bonchev–Trinajstić information content (AvgIpc) is 2.26. The van der Waals surface area contributed by atoms with Gasteiger partial charge in [0.1, 0.15) is 11.3 Å². The van der Waals surface area contributed by atoms with E-state index in [1.54, 1.807) is 13.0 Å². The number of rotatable bonds is 3. The minimum Gasteiger partial charge on any atom is -0.507 e. The van der Waals surface area contributed by atoms with Gasteiger partial charge in [-0.05, 0) is 52.3 Å². The van der Waals surface area contributed by atoms with Crippen molar-refractivity contribution in [3.8, 4) is 5.75 Å². The highest BCUT2D eigenvalue weighted by Crippen LogP contribution is 2.19. The number of amides is 1. The maximum Gasteiger partial charge on any atom is 0.342 e. The van der Waals surface area contributed by atoms with Crippen molar-refractivity contribution < 1.29 is 19.4 Å². The van der Waals surface area contributed by atoms with Crippen LogP contribution in [0.3, 0.4) is 0 Å². The molecule has 110 valence electrons. The van der Waals surface area contributed by atoms with E-state index in [2.05, 4.69) is 5.32 Å². The van der Waals surface area contributed by atoms with Crippen LogP contribution < -0.4 is 5.32 Å². The predicted octanol–water partition coefficient (Wildman–Crippen LogP) is 2.16. The maximum atomic E-state index is 11.9. The number of aryl methyl sites for hydroxylation is 1. The average molecular weight is 279 g/mol. The Balaban J connectivity index is 2.73. The van der Waals surface area contributed by atoms with Crippen molar-refractivity contribution in [3.05, 3.63) is 29.3 Å². The topological polar surface area (TPSA) is 75.6 Å². The molecule has 5 nitrogen and oxygen atoms in total. The summed E-state index contributed by atoms with van der Waals surface area (Å²) in [7, 11) is 0. The van der Waals surface area contributed by atoms with Crippen molar-refractivity contribution in [2.24, 2.45) is 0 Å². The Morgan fingerprint density at radius 1 is 1.30 bits per heavy atom. The number of carbonyl (C=O) groups is 2. The first-order valence-electron chi connectivity index (χ1n) is 6.43. The number of aromatic hydroxyl groups is 1. The van der Waals surface area contributed by atoms with E-state index in [4.69, 9.17) is 4.74 Å². The first kappa shape index (κ1) is 16.0. The second-order valence-electron chi connectivity index (χ2n) is 5.81. The number of phenols is 1. The van der Waals surface area contributed by atoms with Crippen LogP contribution in [-0.2, 0) is 9.53 Å². The number of benzene rings is 1. The van der Waals surface area contributed by atoms with Crippen molar-refractivity contribution in [3.63, 3.8) is 0 Å². The number of hydrogen-bond acceptors (Lipinski definition) is 4. The monoisotopic (exact) mass is 279 g/mol. The van der Waals surface area contributed by atoms with Crippen molar-refractivity contribution in [1.29, 1.82) is 0 Å². The maximum absolute atomic E-state index is 11.9. The van der Waals surface area contributed by atoms with E-state index in [-0.39, 0.29) is 17.2 Å².